The molecule has 0 aliphatic carbocycles. The van der Waals surface area contributed by atoms with E-state index < -0.39 is 0 Å². The molecule has 0 atom stereocenters. The third-order valence-corrected chi connectivity index (χ3v) is 4.36. The minimum absolute atomic E-state index is 0. The molecule has 0 aliphatic heterocycles. The molecule has 0 bridgehead atoms. The Morgan fingerprint density at radius 3 is 1.56 bits per heavy atom. The molecule has 0 heterocycles. The average Bonchev–Trinajstić information content (AvgIpc) is 2.64. The Kier molecular flexibility index (Phi) is 10.7. The number of nitrogens with one attached hydrogen (secondary N) is 1. The lowest BCUT2D eigenvalue weighted by Crippen LogP contribution is -3.00. The van der Waals surface area contributed by atoms with Crippen molar-refractivity contribution >= 4 is 11.4 Å². The zero-order valence-electron chi connectivity index (χ0n) is 17.0. The molecule has 0 saturated carbocycles. The van der Waals surface area contributed by atoms with Crippen molar-refractivity contribution in [2.75, 3.05) is 46.3 Å². The van der Waals surface area contributed by atoms with Crippen molar-refractivity contribution < 1.29 is 26.8 Å². The third kappa shape index (κ3) is 8.55. The zero-order valence-corrected chi connectivity index (χ0v) is 17.8. The minimum atomic E-state index is 0. The first-order valence-electron chi connectivity index (χ1n) is 9.50. The van der Waals surface area contributed by atoms with Crippen LogP contribution in [-0.2, 0) is 0 Å². The molecule has 4 nitrogen and oxygen atoms in total. The molecule has 0 fully saturated rings. The van der Waals surface area contributed by atoms with Crippen LogP contribution < -0.4 is 31.7 Å². The second kappa shape index (κ2) is 12.5. The van der Waals surface area contributed by atoms with Crippen molar-refractivity contribution in [1.82, 2.24) is 0 Å². The van der Waals surface area contributed by atoms with E-state index in [1.165, 1.54) is 29.1 Å². The number of benzene rings is 2. The Morgan fingerprint density at radius 2 is 1.15 bits per heavy atom. The summed E-state index contributed by atoms with van der Waals surface area (Å²) in [4.78, 5) is 3.41. The highest BCUT2D eigenvalue weighted by atomic mass is 35.5. The summed E-state index contributed by atoms with van der Waals surface area (Å²) < 4.78 is 11.6. The van der Waals surface area contributed by atoms with Crippen LogP contribution in [0.15, 0.2) is 48.5 Å². The number of anilines is 1. The fourth-order valence-corrected chi connectivity index (χ4v) is 2.66. The van der Waals surface area contributed by atoms with Gasteiger partial charge in [-0.05, 0) is 62.1 Å². The summed E-state index contributed by atoms with van der Waals surface area (Å²) in [6.07, 6.45) is 4.50. The lowest BCUT2D eigenvalue weighted by molar-refractivity contribution is -0.786. The van der Waals surface area contributed by atoms with Gasteiger partial charge in [-0.15, -0.1) is 0 Å². The van der Waals surface area contributed by atoms with Crippen LogP contribution in [0.5, 0.6) is 11.5 Å². The highest BCUT2D eigenvalue weighted by Gasteiger charge is 2.01. The van der Waals surface area contributed by atoms with Crippen molar-refractivity contribution in [3.63, 3.8) is 0 Å². The van der Waals surface area contributed by atoms with E-state index in [9.17, 15) is 0 Å². The second-order valence-corrected chi connectivity index (χ2v) is 7.02. The molecule has 0 radical (unpaired) electrons. The van der Waals surface area contributed by atoms with Gasteiger partial charge in [0.05, 0.1) is 27.3 Å². The third-order valence-electron chi connectivity index (χ3n) is 4.36. The highest BCUT2D eigenvalue weighted by Crippen LogP contribution is 2.18. The van der Waals surface area contributed by atoms with Gasteiger partial charge in [0, 0.05) is 31.9 Å². The number of unbranched alkanes of at least 4 members (excludes halogenated alkanes) is 3. The Balaban J connectivity index is 0.00000364. The summed E-state index contributed by atoms with van der Waals surface area (Å²) in [7, 11) is 8.33. The van der Waals surface area contributed by atoms with Gasteiger partial charge < -0.3 is 31.7 Å². The molecule has 0 saturated heterocycles. The van der Waals surface area contributed by atoms with Gasteiger partial charge in [0.2, 0.25) is 0 Å². The first-order chi connectivity index (χ1) is 12.6. The van der Waals surface area contributed by atoms with E-state index in [2.05, 4.69) is 55.4 Å². The molecule has 0 amide bonds. The smallest absolute Gasteiger partial charge is 0.131 e. The van der Waals surface area contributed by atoms with Crippen molar-refractivity contribution in [2.24, 2.45) is 0 Å². The molecule has 0 aliphatic rings. The molecule has 2 aromatic rings. The van der Waals surface area contributed by atoms with Crippen LogP contribution in [0.4, 0.5) is 11.4 Å². The van der Waals surface area contributed by atoms with Crippen LogP contribution in [-0.4, -0.2) is 41.4 Å². The molecule has 5 heteroatoms. The van der Waals surface area contributed by atoms with Gasteiger partial charge in [0.15, 0.2) is 0 Å². The Bertz CT molecular complexity index is 570. The van der Waals surface area contributed by atoms with Gasteiger partial charge in [-0.2, -0.15) is 0 Å². The van der Waals surface area contributed by atoms with Crippen molar-refractivity contribution in [3.05, 3.63) is 48.5 Å². The van der Waals surface area contributed by atoms with Gasteiger partial charge >= 0.3 is 0 Å². The standard InChI is InChI=1S/C22H32N2O2.ClH/c1-23(2)19-9-13-21(14-10-19)25-17-7-5-6-8-18-26-22-15-11-20(12-16-22)24(3)4;/h9-16H,5-8,17-18H2,1-4H3;1H. The van der Waals surface area contributed by atoms with Gasteiger partial charge in [0.1, 0.15) is 17.2 Å². The summed E-state index contributed by atoms with van der Waals surface area (Å²) in [5, 5.41) is 0. The largest absolute Gasteiger partial charge is 1.00 e. The molecule has 0 spiro atoms. The van der Waals surface area contributed by atoms with Crippen molar-refractivity contribution in [1.29, 1.82) is 0 Å². The first kappa shape index (κ1) is 23.1. The number of hydrogen-bond acceptors (Lipinski definition) is 3. The van der Waals surface area contributed by atoms with E-state index in [0.717, 1.165) is 37.6 Å². The maximum Gasteiger partial charge on any atom is 0.131 e. The number of quaternary nitrogens is 1. The molecule has 27 heavy (non-hydrogen) atoms. The predicted octanol–water partition coefficient (Wildman–Crippen LogP) is 0.551. The summed E-state index contributed by atoms with van der Waals surface area (Å²) in [6.45, 7) is 1.55. The van der Waals surface area contributed by atoms with E-state index in [1.54, 1.807) is 0 Å². The number of hydrogen-bond donors (Lipinski definition) is 1. The van der Waals surface area contributed by atoms with Crippen LogP contribution in [0.2, 0.25) is 0 Å². The summed E-state index contributed by atoms with van der Waals surface area (Å²) in [5.74, 6) is 1.90. The lowest BCUT2D eigenvalue weighted by atomic mass is 10.2. The maximum atomic E-state index is 5.80. The van der Waals surface area contributed by atoms with Gasteiger partial charge in [0.25, 0.3) is 0 Å². The zero-order chi connectivity index (χ0) is 18.8. The second-order valence-electron chi connectivity index (χ2n) is 7.02. The summed E-state index contributed by atoms with van der Waals surface area (Å²) in [6, 6.07) is 16.6. The number of ether oxygens (including phenoxy) is 2. The topological polar surface area (TPSA) is 26.1 Å². The van der Waals surface area contributed by atoms with Crippen LogP contribution in [0, 0.1) is 0 Å². The van der Waals surface area contributed by atoms with E-state index >= 15 is 0 Å². The summed E-state index contributed by atoms with van der Waals surface area (Å²) >= 11 is 0. The Labute approximate surface area is 170 Å². The molecule has 0 unspecified atom stereocenters. The number of halogens is 1. The molecule has 150 valence electrons. The van der Waals surface area contributed by atoms with Gasteiger partial charge in [-0.1, -0.05) is 0 Å². The molecule has 1 N–H and O–H groups in total. The number of rotatable bonds is 11. The monoisotopic (exact) mass is 392 g/mol. The Hall–Kier alpha value is -1.91. The maximum absolute atomic E-state index is 5.80. The van der Waals surface area contributed by atoms with Crippen LogP contribution in [0.1, 0.15) is 25.7 Å². The molecule has 0 aromatic heterocycles. The molecular weight excluding hydrogens is 360 g/mol. The van der Waals surface area contributed by atoms with Gasteiger partial charge in [-0.25, -0.2) is 0 Å². The number of nitrogens with zero attached hydrogens (tertiary/aromatic N) is 1. The van der Waals surface area contributed by atoms with Crippen molar-refractivity contribution in [3.8, 4) is 11.5 Å². The van der Waals surface area contributed by atoms with Crippen LogP contribution in [0.25, 0.3) is 0 Å². The van der Waals surface area contributed by atoms with E-state index in [0.29, 0.717) is 0 Å². The lowest BCUT2D eigenvalue weighted by Gasteiger charge is -2.13. The van der Waals surface area contributed by atoms with Crippen LogP contribution >= 0.6 is 0 Å². The molecular formula is C22H33ClN2O2. The Morgan fingerprint density at radius 1 is 0.704 bits per heavy atom. The van der Waals surface area contributed by atoms with Gasteiger partial charge in [-0.3, -0.25) is 0 Å². The highest BCUT2D eigenvalue weighted by molar-refractivity contribution is 5.47. The fraction of sp³-hybridized carbons (Fsp3) is 0.455. The van der Waals surface area contributed by atoms with Crippen molar-refractivity contribution in [2.45, 2.75) is 25.7 Å². The molecule has 2 aromatic carbocycles. The van der Waals surface area contributed by atoms with Crippen LogP contribution in [0.3, 0.4) is 0 Å². The minimum Gasteiger partial charge on any atom is -1.00 e. The predicted molar refractivity (Wildman–Crippen MR) is 109 cm³/mol. The van der Waals surface area contributed by atoms with E-state index in [1.807, 2.05) is 26.2 Å². The van der Waals surface area contributed by atoms with E-state index in [4.69, 9.17) is 9.47 Å². The van der Waals surface area contributed by atoms with E-state index in [-0.39, 0.29) is 12.4 Å². The molecule has 2 rings (SSSR count). The summed E-state index contributed by atoms with van der Waals surface area (Å²) in [5.41, 5.74) is 2.46. The normalized spacial score (nSPS) is 10.4. The fourth-order valence-electron chi connectivity index (χ4n) is 2.66. The SMILES string of the molecule is CN(C)c1ccc(OCCCCCCOc2ccc([NH+](C)C)cc2)cc1.[Cl-]. The average molecular weight is 393 g/mol. The quantitative estimate of drug-likeness (QED) is 0.566. The first-order valence-corrected chi connectivity index (χ1v) is 9.50.